The topological polar surface area (TPSA) is 37.8 Å². The standard InChI is InChI=1S/C13H16FN3S2/c1-13(2,3)15-7-9-5-4-6-10(14)11(9)19-12-17-16-8-18-12/h4-6,8,15H,7H2,1-3H3. The Morgan fingerprint density at radius 2 is 2.16 bits per heavy atom. The first-order chi connectivity index (χ1) is 8.96. The molecule has 0 amide bonds. The minimum absolute atomic E-state index is 0.00298. The SMILES string of the molecule is CC(C)(C)NCc1cccc(F)c1Sc1nncs1. The largest absolute Gasteiger partial charge is 0.308 e. The van der Waals surface area contributed by atoms with Crippen molar-refractivity contribution < 1.29 is 4.39 Å². The van der Waals surface area contributed by atoms with Crippen LogP contribution in [0.25, 0.3) is 0 Å². The number of aromatic nitrogens is 2. The summed E-state index contributed by atoms with van der Waals surface area (Å²) in [6.45, 7) is 6.89. The van der Waals surface area contributed by atoms with E-state index in [0.717, 1.165) is 9.90 Å². The quantitative estimate of drug-likeness (QED) is 0.933. The van der Waals surface area contributed by atoms with Gasteiger partial charge < -0.3 is 5.32 Å². The van der Waals surface area contributed by atoms with Gasteiger partial charge in [-0.2, -0.15) is 0 Å². The minimum atomic E-state index is -0.214. The van der Waals surface area contributed by atoms with Crippen molar-refractivity contribution in [3.8, 4) is 0 Å². The molecule has 102 valence electrons. The molecule has 0 aliphatic heterocycles. The highest BCUT2D eigenvalue weighted by molar-refractivity contribution is 8.01. The molecule has 0 aliphatic rings. The van der Waals surface area contributed by atoms with Gasteiger partial charge in [-0.05, 0) is 32.4 Å². The van der Waals surface area contributed by atoms with Crippen molar-refractivity contribution in [2.75, 3.05) is 0 Å². The van der Waals surface area contributed by atoms with E-state index in [9.17, 15) is 4.39 Å². The van der Waals surface area contributed by atoms with Gasteiger partial charge in [-0.1, -0.05) is 35.2 Å². The van der Waals surface area contributed by atoms with Crippen LogP contribution in [0.5, 0.6) is 0 Å². The molecule has 0 fully saturated rings. The van der Waals surface area contributed by atoms with Crippen LogP contribution in [-0.2, 0) is 6.54 Å². The van der Waals surface area contributed by atoms with Gasteiger partial charge in [0.1, 0.15) is 11.3 Å². The molecule has 19 heavy (non-hydrogen) atoms. The second-order valence-corrected chi connectivity index (χ2v) is 7.23. The Kier molecular flexibility index (Phi) is 4.54. The molecule has 0 saturated heterocycles. The summed E-state index contributed by atoms with van der Waals surface area (Å²) in [6, 6.07) is 5.15. The summed E-state index contributed by atoms with van der Waals surface area (Å²) in [7, 11) is 0. The van der Waals surface area contributed by atoms with Gasteiger partial charge in [0, 0.05) is 12.1 Å². The zero-order chi connectivity index (χ0) is 13.9. The maximum atomic E-state index is 14.0. The van der Waals surface area contributed by atoms with Crippen LogP contribution in [0.3, 0.4) is 0 Å². The Bertz CT molecular complexity index is 535. The van der Waals surface area contributed by atoms with Crippen LogP contribution >= 0.6 is 23.1 Å². The van der Waals surface area contributed by atoms with E-state index in [0.29, 0.717) is 11.4 Å². The molecule has 2 rings (SSSR count). The molecule has 0 unspecified atom stereocenters. The van der Waals surface area contributed by atoms with E-state index < -0.39 is 0 Å². The van der Waals surface area contributed by atoms with E-state index in [1.54, 1.807) is 11.6 Å². The molecule has 0 aliphatic carbocycles. The summed E-state index contributed by atoms with van der Waals surface area (Å²) < 4.78 is 14.7. The van der Waals surface area contributed by atoms with Gasteiger partial charge in [-0.15, -0.1) is 10.2 Å². The Hall–Kier alpha value is -0.980. The van der Waals surface area contributed by atoms with Crippen LogP contribution in [0.15, 0.2) is 32.9 Å². The van der Waals surface area contributed by atoms with Crippen molar-refractivity contribution in [3.05, 3.63) is 35.1 Å². The van der Waals surface area contributed by atoms with Gasteiger partial charge in [0.2, 0.25) is 0 Å². The average Bonchev–Trinajstić information content (AvgIpc) is 2.82. The van der Waals surface area contributed by atoms with Crippen molar-refractivity contribution in [3.63, 3.8) is 0 Å². The van der Waals surface area contributed by atoms with Crippen LogP contribution in [0.4, 0.5) is 4.39 Å². The van der Waals surface area contributed by atoms with Gasteiger partial charge in [-0.25, -0.2) is 4.39 Å². The summed E-state index contributed by atoms with van der Waals surface area (Å²) in [6.07, 6.45) is 0. The summed E-state index contributed by atoms with van der Waals surface area (Å²) in [4.78, 5) is 0.621. The van der Waals surface area contributed by atoms with Gasteiger partial charge >= 0.3 is 0 Å². The first-order valence-electron chi connectivity index (χ1n) is 5.92. The summed E-state index contributed by atoms with van der Waals surface area (Å²) in [5, 5.41) is 11.1. The number of hydrogen-bond acceptors (Lipinski definition) is 5. The molecule has 0 saturated carbocycles. The van der Waals surface area contributed by atoms with E-state index >= 15 is 0 Å². The molecule has 1 N–H and O–H groups in total. The molecule has 1 heterocycles. The highest BCUT2D eigenvalue weighted by Crippen LogP contribution is 2.33. The van der Waals surface area contributed by atoms with Crippen LogP contribution < -0.4 is 5.32 Å². The van der Waals surface area contributed by atoms with Crippen molar-refractivity contribution in [2.24, 2.45) is 0 Å². The summed E-state index contributed by atoms with van der Waals surface area (Å²) in [5.74, 6) is -0.214. The Morgan fingerprint density at radius 3 is 2.79 bits per heavy atom. The molecule has 3 nitrogen and oxygen atoms in total. The van der Waals surface area contributed by atoms with E-state index in [1.165, 1.54) is 29.2 Å². The monoisotopic (exact) mass is 297 g/mol. The Balaban J connectivity index is 2.21. The minimum Gasteiger partial charge on any atom is -0.308 e. The fourth-order valence-corrected chi connectivity index (χ4v) is 3.01. The smallest absolute Gasteiger partial charge is 0.178 e. The van der Waals surface area contributed by atoms with E-state index in [2.05, 4.69) is 36.3 Å². The van der Waals surface area contributed by atoms with Crippen LogP contribution in [0, 0.1) is 5.82 Å². The van der Waals surface area contributed by atoms with Crippen molar-refractivity contribution in [2.45, 2.75) is 42.1 Å². The van der Waals surface area contributed by atoms with Gasteiger partial charge in [0.25, 0.3) is 0 Å². The highest BCUT2D eigenvalue weighted by atomic mass is 32.2. The number of nitrogens with zero attached hydrogens (tertiary/aromatic N) is 2. The first kappa shape index (κ1) is 14.4. The molecule has 1 aromatic heterocycles. The number of benzene rings is 1. The average molecular weight is 297 g/mol. The maximum Gasteiger partial charge on any atom is 0.178 e. The third-order valence-electron chi connectivity index (χ3n) is 2.39. The van der Waals surface area contributed by atoms with E-state index in [4.69, 9.17) is 0 Å². The fraction of sp³-hybridized carbons (Fsp3) is 0.385. The molecular formula is C13H16FN3S2. The van der Waals surface area contributed by atoms with E-state index in [-0.39, 0.29) is 11.4 Å². The Labute approximate surface area is 120 Å². The number of halogens is 1. The van der Waals surface area contributed by atoms with Crippen LogP contribution in [-0.4, -0.2) is 15.7 Å². The lowest BCUT2D eigenvalue weighted by molar-refractivity contribution is 0.421. The van der Waals surface area contributed by atoms with Crippen molar-refractivity contribution in [1.82, 2.24) is 15.5 Å². The summed E-state index contributed by atoms with van der Waals surface area (Å²) in [5.41, 5.74) is 2.59. The predicted octanol–water partition coefficient (Wildman–Crippen LogP) is 3.72. The lowest BCUT2D eigenvalue weighted by atomic mass is 10.1. The normalized spacial score (nSPS) is 11.8. The second kappa shape index (κ2) is 5.98. The van der Waals surface area contributed by atoms with E-state index in [1.807, 2.05) is 6.07 Å². The number of nitrogens with one attached hydrogen (secondary N) is 1. The lowest BCUT2D eigenvalue weighted by Gasteiger charge is -2.21. The van der Waals surface area contributed by atoms with Crippen LogP contribution in [0.2, 0.25) is 0 Å². The van der Waals surface area contributed by atoms with Crippen LogP contribution in [0.1, 0.15) is 26.3 Å². The molecule has 1 aromatic carbocycles. The zero-order valence-electron chi connectivity index (χ0n) is 11.1. The third-order valence-corrected chi connectivity index (χ3v) is 4.33. The molecular weight excluding hydrogens is 281 g/mol. The summed E-state index contributed by atoms with van der Waals surface area (Å²) >= 11 is 2.74. The van der Waals surface area contributed by atoms with Gasteiger partial charge in [0.15, 0.2) is 4.34 Å². The van der Waals surface area contributed by atoms with Crippen molar-refractivity contribution in [1.29, 1.82) is 0 Å². The van der Waals surface area contributed by atoms with Gasteiger partial charge in [0.05, 0.1) is 4.90 Å². The van der Waals surface area contributed by atoms with Crippen molar-refractivity contribution >= 4 is 23.1 Å². The molecule has 6 heteroatoms. The molecule has 0 atom stereocenters. The zero-order valence-corrected chi connectivity index (χ0v) is 12.7. The third kappa shape index (κ3) is 4.26. The maximum absolute atomic E-state index is 14.0. The predicted molar refractivity (Wildman–Crippen MR) is 77.0 cm³/mol. The lowest BCUT2D eigenvalue weighted by Crippen LogP contribution is -2.35. The molecule has 0 spiro atoms. The fourth-order valence-electron chi connectivity index (χ4n) is 1.46. The second-order valence-electron chi connectivity index (χ2n) is 5.14. The molecule has 0 radical (unpaired) electrons. The molecule has 2 aromatic rings. The highest BCUT2D eigenvalue weighted by Gasteiger charge is 2.14. The van der Waals surface area contributed by atoms with Gasteiger partial charge in [-0.3, -0.25) is 0 Å². The number of rotatable bonds is 4. The number of hydrogen-bond donors (Lipinski definition) is 1. The first-order valence-corrected chi connectivity index (χ1v) is 7.62. The Morgan fingerprint density at radius 1 is 1.37 bits per heavy atom. The molecule has 0 bridgehead atoms.